The number of benzene rings is 1. The van der Waals surface area contributed by atoms with Crippen molar-refractivity contribution >= 4 is 17.5 Å². The number of aromatic nitrogens is 2. The van der Waals surface area contributed by atoms with E-state index >= 15 is 0 Å². The molecule has 2 aliphatic rings. The number of methoxy groups -OCH3 is 1. The number of nitrogens with one attached hydrogen (secondary N) is 1. The van der Waals surface area contributed by atoms with Crippen LogP contribution in [0.4, 0.5) is 5.69 Å². The number of amides is 2. The Morgan fingerprint density at radius 3 is 2.49 bits per heavy atom. The Kier molecular flexibility index (Phi) is 6.36. The lowest BCUT2D eigenvalue weighted by atomic mass is 9.91. The smallest absolute Gasteiger partial charge is 0.277 e. The second-order valence-electron chi connectivity index (χ2n) is 9.68. The summed E-state index contributed by atoms with van der Waals surface area (Å²) in [7, 11) is 1.60. The first-order valence-corrected chi connectivity index (χ1v) is 12.4. The number of furan rings is 1. The van der Waals surface area contributed by atoms with Crippen LogP contribution in [0, 0.1) is 0 Å². The van der Waals surface area contributed by atoms with Crippen molar-refractivity contribution in [2.75, 3.05) is 12.0 Å². The number of ether oxygens (including phenoxy) is 1. The van der Waals surface area contributed by atoms with Gasteiger partial charge < -0.3 is 14.5 Å². The van der Waals surface area contributed by atoms with Crippen molar-refractivity contribution < 1.29 is 18.7 Å². The molecule has 1 N–H and O–H groups in total. The van der Waals surface area contributed by atoms with Gasteiger partial charge in [-0.25, -0.2) is 0 Å². The zero-order chi connectivity index (χ0) is 24.4. The quantitative estimate of drug-likeness (QED) is 0.571. The van der Waals surface area contributed by atoms with Crippen LogP contribution >= 0.6 is 0 Å². The van der Waals surface area contributed by atoms with E-state index in [9.17, 15) is 9.59 Å². The van der Waals surface area contributed by atoms with Gasteiger partial charge in [0.2, 0.25) is 5.91 Å². The monoisotopic (exact) mass is 476 g/mol. The lowest BCUT2D eigenvalue weighted by Crippen LogP contribution is -2.65. The molecule has 184 valence electrons. The van der Waals surface area contributed by atoms with E-state index in [0.717, 1.165) is 25.7 Å². The highest BCUT2D eigenvalue weighted by Gasteiger charge is 2.49. The van der Waals surface area contributed by atoms with E-state index in [2.05, 4.69) is 10.4 Å². The third kappa shape index (κ3) is 4.45. The number of fused-ring (bicyclic) bond motifs is 1. The van der Waals surface area contributed by atoms with Crippen LogP contribution in [0.15, 0.2) is 53.1 Å². The minimum Gasteiger partial charge on any atom is -0.497 e. The molecule has 0 unspecified atom stereocenters. The second kappa shape index (κ2) is 9.60. The van der Waals surface area contributed by atoms with E-state index in [4.69, 9.17) is 9.15 Å². The average molecular weight is 477 g/mol. The molecule has 35 heavy (non-hydrogen) atoms. The first-order valence-electron chi connectivity index (χ1n) is 12.4. The number of hydrogen-bond acceptors (Lipinski definition) is 5. The molecule has 1 aromatic carbocycles. The first kappa shape index (κ1) is 23.2. The van der Waals surface area contributed by atoms with Crippen LogP contribution in [0.25, 0.3) is 11.5 Å². The summed E-state index contributed by atoms with van der Waals surface area (Å²) in [6.45, 7) is 2.06. The van der Waals surface area contributed by atoms with Crippen molar-refractivity contribution in [3.8, 4) is 17.2 Å². The van der Waals surface area contributed by atoms with Crippen molar-refractivity contribution in [1.82, 2.24) is 15.1 Å². The third-order valence-corrected chi connectivity index (χ3v) is 7.19. The molecule has 8 heteroatoms. The molecule has 0 bridgehead atoms. The van der Waals surface area contributed by atoms with Gasteiger partial charge in [0.15, 0.2) is 5.76 Å². The minimum absolute atomic E-state index is 0.116. The molecule has 2 amide bonds. The van der Waals surface area contributed by atoms with Crippen molar-refractivity contribution in [3.05, 3.63) is 54.4 Å². The van der Waals surface area contributed by atoms with Crippen LogP contribution in [-0.4, -0.2) is 40.3 Å². The molecule has 5 rings (SSSR count). The fraction of sp³-hybridized carbons (Fsp3) is 0.444. The van der Waals surface area contributed by atoms with Crippen LogP contribution in [-0.2, 0) is 11.3 Å². The summed E-state index contributed by atoms with van der Waals surface area (Å²) in [4.78, 5) is 29.4. The lowest BCUT2D eigenvalue weighted by molar-refractivity contribution is -0.127. The van der Waals surface area contributed by atoms with Crippen LogP contribution < -0.4 is 15.0 Å². The van der Waals surface area contributed by atoms with Gasteiger partial charge in [-0.15, -0.1) is 0 Å². The highest BCUT2D eigenvalue weighted by atomic mass is 16.5. The number of rotatable bonds is 5. The van der Waals surface area contributed by atoms with Crippen LogP contribution in [0.1, 0.15) is 62.4 Å². The van der Waals surface area contributed by atoms with Crippen LogP contribution in [0.2, 0.25) is 0 Å². The van der Waals surface area contributed by atoms with Gasteiger partial charge in [-0.2, -0.15) is 5.10 Å². The minimum atomic E-state index is -1.16. The first-order chi connectivity index (χ1) is 17.0. The summed E-state index contributed by atoms with van der Waals surface area (Å²) in [5, 5.41) is 7.91. The van der Waals surface area contributed by atoms with Gasteiger partial charge >= 0.3 is 0 Å². The third-order valence-electron chi connectivity index (χ3n) is 7.19. The van der Waals surface area contributed by atoms with E-state index in [1.54, 1.807) is 53.3 Å². The van der Waals surface area contributed by atoms with E-state index in [1.165, 1.54) is 19.3 Å². The topological polar surface area (TPSA) is 89.6 Å². The molecule has 3 heterocycles. The molecule has 1 aliphatic carbocycles. The van der Waals surface area contributed by atoms with E-state index in [-0.39, 0.29) is 24.4 Å². The molecule has 8 nitrogen and oxygen atoms in total. The summed E-state index contributed by atoms with van der Waals surface area (Å²) in [5.74, 6) is 0.829. The molecule has 0 radical (unpaired) electrons. The molecule has 1 saturated carbocycles. The Bertz CT molecular complexity index is 1180. The van der Waals surface area contributed by atoms with Crippen molar-refractivity contribution in [2.24, 2.45) is 0 Å². The van der Waals surface area contributed by atoms with Crippen molar-refractivity contribution in [2.45, 2.75) is 70.0 Å². The van der Waals surface area contributed by atoms with Gasteiger partial charge in [0.1, 0.15) is 22.7 Å². The Morgan fingerprint density at radius 2 is 1.83 bits per heavy atom. The zero-order valence-corrected chi connectivity index (χ0v) is 20.3. The number of carbonyl (C=O) groups excluding carboxylic acids is 2. The SMILES string of the molecule is COc1ccc(N2C(=O)c3cc(-c4ccco4)nn3C[C@@]2(C)C(=O)NC2CCCCCCC2)cc1. The molecule has 2 aromatic heterocycles. The van der Waals surface area contributed by atoms with Gasteiger partial charge in [-0.3, -0.25) is 19.2 Å². The molecule has 1 atom stereocenters. The van der Waals surface area contributed by atoms with Gasteiger partial charge in [-0.05, 0) is 56.2 Å². The predicted octanol–water partition coefficient (Wildman–Crippen LogP) is 4.80. The van der Waals surface area contributed by atoms with E-state index < -0.39 is 5.54 Å². The summed E-state index contributed by atoms with van der Waals surface area (Å²) >= 11 is 0. The molecule has 1 fully saturated rings. The Morgan fingerprint density at radius 1 is 1.11 bits per heavy atom. The number of hydrogen-bond donors (Lipinski definition) is 1. The Labute approximate surface area is 205 Å². The molecular weight excluding hydrogens is 444 g/mol. The maximum atomic E-state index is 13.9. The Hall–Kier alpha value is -3.55. The van der Waals surface area contributed by atoms with Crippen molar-refractivity contribution in [3.63, 3.8) is 0 Å². The number of carbonyl (C=O) groups is 2. The normalized spacial score (nSPS) is 21.2. The van der Waals surface area contributed by atoms with Crippen molar-refractivity contribution in [1.29, 1.82) is 0 Å². The second-order valence-corrected chi connectivity index (χ2v) is 9.68. The maximum absolute atomic E-state index is 13.9. The largest absolute Gasteiger partial charge is 0.497 e. The van der Waals surface area contributed by atoms with Crippen LogP contribution in [0.5, 0.6) is 5.75 Å². The predicted molar refractivity (Wildman–Crippen MR) is 132 cm³/mol. The highest BCUT2D eigenvalue weighted by molar-refractivity contribution is 6.12. The van der Waals surface area contributed by atoms with E-state index in [1.807, 2.05) is 19.1 Å². The number of nitrogens with zero attached hydrogens (tertiary/aromatic N) is 3. The summed E-state index contributed by atoms with van der Waals surface area (Å²) in [6, 6.07) is 12.7. The fourth-order valence-electron chi connectivity index (χ4n) is 5.20. The summed E-state index contributed by atoms with van der Waals surface area (Å²) in [5.41, 5.74) is 0.465. The molecule has 3 aromatic rings. The molecule has 0 saturated heterocycles. The average Bonchev–Trinajstić information content (AvgIpc) is 3.51. The van der Waals surface area contributed by atoms with Gasteiger partial charge in [0, 0.05) is 17.8 Å². The standard InChI is InChI=1S/C27H32N4O4/c1-27(26(33)28-19-9-6-4-3-5-7-10-19)18-30-23(17-22(29-30)24-11-8-16-35-24)25(32)31(27)20-12-14-21(34-2)15-13-20/h8,11-17,19H,3-7,9-10,18H2,1-2H3,(H,28,33)/t27-/m0/s1. The zero-order valence-electron chi connectivity index (χ0n) is 20.3. The molecular formula is C27H32N4O4. The molecule has 1 aliphatic heterocycles. The van der Waals surface area contributed by atoms with Gasteiger partial charge in [-0.1, -0.05) is 32.1 Å². The summed E-state index contributed by atoms with van der Waals surface area (Å²) < 4.78 is 12.4. The van der Waals surface area contributed by atoms with E-state index in [0.29, 0.717) is 28.6 Å². The number of anilines is 1. The molecule has 0 spiro atoms. The van der Waals surface area contributed by atoms with Gasteiger partial charge in [0.05, 0.1) is 19.9 Å². The van der Waals surface area contributed by atoms with Gasteiger partial charge in [0.25, 0.3) is 5.91 Å². The lowest BCUT2D eigenvalue weighted by Gasteiger charge is -2.43. The maximum Gasteiger partial charge on any atom is 0.277 e. The van der Waals surface area contributed by atoms with Crippen LogP contribution in [0.3, 0.4) is 0 Å². The fourth-order valence-corrected chi connectivity index (χ4v) is 5.20. The Balaban J connectivity index is 1.51. The summed E-state index contributed by atoms with van der Waals surface area (Å²) in [6.07, 6.45) is 9.39. The highest BCUT2D eigenvalue weighted by Crippen LogP contribution is 2.35.